The van der Waals surface area contributed by atoms with E-state index in [1.165, 1.54) is 4.90 Å². The molecule has 1 fully saturated rings. The maximum Gasteiger partial charge on any atom is 0.327 e. The van der Waals surface area contributed by atoms with Crippen LogP contribution in [0.4, 0.5) is 0 Å². The number of ether oxygens (including phenoxy) is 1. The number of hydrogen-bond donors (Lipinski definition) is 0. The molecule has 0 amide bonds. The monoisotopic (exact) mass is 221 g/mol. The van der Waals surface area contributed by atoms with Crippen molar-refractivity contribution >= 4 is 21.8 Å². The van der Waals surface area contributed by atoms with Crippen LogP contribution >= 0.6 is 0 Å². The fraction of sp³-hybridized carbons (Fsp3) is 0.714. The molecule has 0 aliphatic carbocycles. The Morgan fingerprint density at radius 3 is 2.21 bits per heavy atom. The summed E-state index contributed by atoms with van der Waals surface area (Å²) < 4.78 is 25.9. The number of carbonyl (C=O) groups excluding carboxylic acids is 2. The van der Waals surface area contributed by atoms with E-state index in [-0.39, 0.29) is 25.4 Å². The average Bonchev–Trinajstić information content (AvgIpc) is 1.97. The van der Waals surface area contributed by atoms with Crippen LogP contribution in [0, 0.1) is 0 Å². The van der Waals surface area contributed by atoms with Crippen molar-refractivity contribution in [2.45, 2.75) is 0 Å². The molecule has 0 aromatic rings. The van der Waals surface area contributed by atoms with Gasteiger partial charge in [0.2, 0.25) is 0 Å². The summed E-state index contributed by atoms with van der Waals surface area (Å²) in [4.78, 5) is 23.0. The van der Waals surface area contributed by atoms with Gasteiger partial charge >= 0.3 is 11.9 Å². The zero-order valence-electron chi connectivity index (χ0n) is 7.73. The van der Waals surface area contributed by atoms with Crippen molar-refractivity contribution in [1.29, 1.82) is 0 Å². The highest BCUT2D eigenvalue weighted by Crippen LogP contribution is 2.00. The minimum absolute atomic E-state index is 0.0265. The third-order valence-electron chi connectivity index (χ3n) is 1.71. The molecule has 80 valence electrons. The molecule has 0 unspecified atom stereocenters. The number of nitrogens with zero attached hydrogens (tertiary/aromatic N) is 1. The molecule has 0 N–H and O–H groups in total. The quantitative estimate of drug-likeness (QED) is 0.422. The number of rotatable bonds is 3. The zero-order valence-corrected chi connectivity index (χ0v) is 8.54. The molecule has 0 aromatic heterocycles. The second kappa shape index (κ2) is 4.05. The molecular weight excluding hydrogens is 210 g/mol. The van der Waals surface area contributed by atoms with Gasteiger partial charge in [0.25, 0.3) is 0 Å². The maximum absolute atomic E-state index is 10.8. The van der Waals surface area contributed by atoms with Crippen LogP contribution in [0.3, 0.4) is 0 Å². The second-order valence-electron chi connectivity index (χ2n) is 3.19. The summed E-state index contributed by atoms with van der Waals surface area (Å²) in [5.41, 5.74) is 0. The largest absolute Gasteiger partial charge is 0.391 e. The molecule has 0 saturated carbocycles. The molecule has 0 atom stereocenters. The van der Waals surface area contributed by atoms with Gasteiger partial charge in [-0.15, -0.1) is 0 Å². The Labute approximate surface area is 81.7 Å². The van der Waals surface area contributed by atoms with Gasteiger partial charge in [-0.2, -0.15) is 0 Å². The molecule has 1 saturated heterocycles. The normalized spacial score (nSPS) is 19.5. The molecule has 0 radical (unpaired) electrons. The molecule has 1 aliphatic heterocycles. The van der Waals surface area contributed by atoms with Gasteiger partial charge < -0.3 is 4.74 Å². The highest BCUT2D eigenvalue weighted by Gasteiger charge is 2.24. The fourth-order valence-electron chi connectivity index (χ4n) is 1.07. The number of cyclic esters (lactones) is 2. The van der Waals surface area contributed by atoms with Crippen LogP contribution in [0.25, 0.3) is 0 Å². The SMILES string of the molecule is CS(=O)(=O)CCN1CC(=O)OC(=O)C1. The lowest BCUT2D eigenvalue weighted by atomic mass is 10.4. The van der Waals surface area contributed by atoms with Crippen molar-refractivity contribution in [3.8, 4) is 0 Å². The van der Waals surface area contributed by atoms with Gasteiger partial charge in [-0.1, -0.05) is 0 Å². The zero-order chi connectivity index (χ0) is 10.8. The van der Waals surface area contributed by atoms with Gasteiger partial charge in [0.05, 0.1) is 18.8 Å². The molecule has 14 heavy (non-hydrogen) atoms. The first-order valence-electron chi connectivity index (χ1n) is 4.00. The Balaban J connectivity index is 2.45. The summed E-state index contributed by atoms with van der Waals surface area (Å²) >= 11 is 0. The molecule has 1 rings (SSSR count). The van der Waals surface area contributed by atoms with Crippen LogP contribution in [-0.2, 0) is 24.2 Å². The minimum Gasteiger partial charge on any atom is -0.391 e. The van der Waals surface area contributed by atoms with E-state index in [0.29, 0.717) is 0 Å². The summed E-state index contributed by atoms with van der Waals surface area (Å²) in [6, 6.07) is 0. The average molecular weight is 221 g/mol. The molecule has 0 spiro atoms. The summed E-state index contributed by atoms with van der Waals surface area (Å²) in [6.07, 6.45) is 1.11. The molecule has 1 heterocycles. The molecule has 1 aliphatic rings. The summed E-state index contributed by atoms with van der Waals surface area (Å²) in [6.45, 7) is 0.127. The summed E-state index contributed by atoms with van der Waals surface area (Å²) in [5, 5.41) is 0. The highest BCUT2D eigenvalue weighted by molar-refractivity contribution is 7.90. The van der Waals surface area contributed by atoms with E-state index >= 15 is 0 Å². The third kappa shape index (κ3) is 3.84. The predicted octanol–water partition coefficient (Wildman–Crippen LogP) is -1.58. The molecule has 0 bridgehead atoms. The smallest absolute Gasteiger partial charge is 0.327 e. The van der Waals surface area contributed by atoms with E-state index in [1.807, 2.05) is 0 Å². The Hall–Kier alpha value is -0.950. The highest BCUT2D eigenvalue weighted by atomic mass is 32.2. The fourth-order valence-corrected chi connectivity index (χ4v) is 1.66. The van der Waals surface area contributed by atoms with Crippen LogP contribution in [0.5, 0.6) is 0 Å². The molecule has 7 heteroatoms. The maximum atomic E-state index is 10.8. The lowest BCUT2D eigenvalue weighted by Crippen LogP contribution is -2.44. The third-order valence-corrected chi connectivity index (χ3v) is 2.64. The Morgan fingerprint density at radius 2 is 1.79 bits per heavy atom. The van der Waals surface area contributed by atoms with Crippen molar-refractivity contribution in [2.75, 3.05) is 31.6 Å². The van der Waals surface area contributed by atoms with Crippen molar-refractivity contribution in [2.24, 2.45) is 0 Å². The van der Waals surface area contributed by atoms with Gasteiger partial charge in [-0.3, -0.25) is 14.5 Å². The number of hydrogen-bond acceptors (Lipinski definition) is 6. The van der Waals surface area contributed by atoms with E-state index in [4.69, 9.17) is 0 Å². The first kappa shape index (κ1) is 11.1. The minimum atomic E-state index is -3.06. The number of sulfone groups is 1. The van der Waals surface area contributed by atoms with Crippen LogP contribution < -0.4 is 0 Å². The van der Waals surface area contributed by atoms with Crippen molar-refractivity contribution in [3.63, 3.8) is 0 Å². The van der Waals surface area contributed by atoms with E-state index in [0.717, 1.165) is 6.26 Å². The lowest BCUT2D eigenvalue weighted by Gasteiger charge is -2.23. The first-order valence-corrected chi connectivity index (χ1v) is 6.06. The number of esters is 2. The number of carbonyl (C=O) groups is 2. The van der Waals surface area contributed by atoms with Crippen LogP contribution in [0.2, 0.25) is 0 Å². The molecule has 0 aromatic carbocycles. The van der Waals surface area contributed by atoms with Gasteiger partial charge in [0, 0.05) is 12.8 Å². The van der Waals surface area contributed by atoms with Gasteiger partial charge in [0.15, 0.2) is 0 Å². The Bertz CT molecular complexity index is 331. The van der Waals surface area contributed by atoms with Crippen LogP contribution in [-0.4, -0.2) is 56.9 Å². The van der Waals surface area contributed by atoms with Crippen molar-refractivity contribution in [1.82, 2.24) is 4.90 Å². The van der Waals surface area contributed by atoms with Gasteiger partial charge in [-0.05, 0) is 0 Å². The summed E-state index contributed by atoms with van der Waals surface area (Å²) in [7, 11) is -3.06. The van der Waals surface area contributed by atoms with E-state index in [1.54, 1.807) is 0 Å². The Morgan fingerprint density at radius 1 is 1.29 bits per heavy atom. The molecule has 6 nitrogen and oxygen atoms in total. The second-order valence-corrected chi connectivity index (χ2v) is 5.45. The number of morpholine rings is 1. The summed E-state index contributed by atoms with van der Waals surface area (Å²) in [5.74, 6) is -1.32. The Kier molecular flexibility index (Phi) is 3.22. The van der Waals surface area contributed by atoms with Crippen LogP contribution in [0.15, 0.2) is 0 Å². The first-order chi connectivity index (χ1) is 6.37. The van der Waals surface area contributed by atoms with Crippen molar-refractivity contribution in [3.05, 3.63) is 0 Å². The van der Waals surface area contributed by atoms with Gasteiger partial charge in [-0.25, -0.2) is 8.42 Å². The lowest BCUT2D eigenvalue weighted by molar-refractivity contribution is -0.166. The van der Waals surface area contributed by atoms with Gasteiger partial charge in [0.1, 0.15) is 9.84 Å². The molecular formula is C7H11NO5S. The predicted molar refractivity (Wildman–Crippen MR) is 47.2 cm³/mol. The van der Waals surface area contributed by atoms with E-state index < -0.39 is 21.8 Å². The van der Waals surface area contributed by atoms with Crippen molar-refractivity contribution < 1.29 is 22.7 Å². The van der Waals surface area contributed by atoms with Crippen LogP contribution in [0.1, 0.15) is 0 Å². The topological polar surface area (TPSA) is 80.8 Å². The standard InChI is InChI=1S/C7H11NO5S/c1-14(11,12)3-2-8-4-6(9)13-7(10)5-8/h2-5H2,1H3. The van der Waals surface area contributed by atoms with E-state index in [9.17, 15) is 18.0 Å². The van der Waals surface area contributed by atoms with E-state index in [2.05, 4.69) is 4.74 Å².